The first-order valence-electron chi connectivity index (χ1n) is 7.68. The molecule has 0 aliphatic heterocycles. The van der Waals surface area contributed by atoms with Crippen molar-refractivity contribution in [1.29, 1.82) is 0 Å². The van der Waals surface area contributed by atoms with Crippen molar-refractivity contribution in [1.82, 2.24) is 0 Å². The van der Waals surface area contributed by atoms with Gasteiger partial charge in [-0.1, -0.05) is 38.3 Å². The summed E-state index contributed by atoms with van der Waals surface area (Å²) >= 11 is 0. The summed E-state index contributed by atoms with van der Waals surface area (Å²) < 4.78 is 0. The monoisotopic (exact) mass is 266 g/mol. The number of hydrogen-bond acceptors (Lipinski definition) is 3. The standard InChI is InChI=1S/C16H26O3/c1-2-3-4-5-12(17)6-7-14-15-10-13(18)8-11(15)9-16(14)19/h6-7,11-12,14-17,19H,2-5,8-10H2,1H3/b7-6+/t11-,12-,14-,15-,16+/m0/s1. The number of hydrogen-bond donors (Lipinski definition) is 2. The van der Waals surface area contributed by atoms with Gasteiger partial charge in [-0.15, -0.1) is 0 Å². The third-order valence-corrected chi connectivity index (χ3v) is 4.70. The Morgan fingerprint density at radius 2 is 2.16 bits per heavy atom. The minimum absolute atomic E-state index is 0.0669. The van der Waals surface area contributed by atoms with Crippen LogP contribution < -0.4 is 0 Å². The van der Waals surface area contributed by atoms with E-state index < -0.39 is 6.10 Å². The van der Waals surface area contributed by atoms with Gasteiger partial charge in [-0.25, -0.2) is 0 Å². The average molecular weight is 266 g/mol. The Morgan fingerprint density at radius 1 is 1.37 bits per heavy atom. The Labute approximate surface area is 115 Å². The molecule has 2 aliphatic rings. The fourth-order valence-electron chi connectivity index (χ4n) is 3.65. The summed E-state index contributed by atoms with van der Waals surface area (Å²) in [6, 6.07) is 0. The molecule has 0 amide bonds. The van der Waals surface area contributed by atoms with E-state index in [0.717, 1.165) is 32.1 Å². The molecule has 0 aromatic heterocycles. The number of aliphatic hydroxyl groups is 2. The van der Waals surface area contributed by atoms with Crippen LogP contribution in [0.5, 0.6) is 0 Å². The van der Waals surface area contributed by atoms with E-state index in [1.807, 2.05) is 12.2 Å². The van der Waals surface area contributed by atoms with E-state index in [0.29, 0.717) is 30.5 Å². The third-order valence-electron chi connectivity index (χ3n) is 4.70. The van der Waals surface area contributed by atoms with Crippen LogP contribution >= 0.6 is 0 Å². The highest BCUT2D eigenvalue weighted by molar-refractivity contribution is 5.81. The van der Waals surface area contributed by atoms with Crippen LogP contribution in [0, 0.1) is 17.8 Å². The van der Waals surface area contributed by atoms with Crippen LogP contribution in [0.25, 0.3) is 0 Å². The van der Waals surface area contributed by atoms with E-state index >= 15 is 0 Å². The van der Waals surface area contributed by atoms with Crippen LogP contribution in [0.15, 0.2) is 12.2 Å². The molecule has 3 nitrogen and oxygen atoms in total. The molecule has 0 saturated heterocycles. The highest BCUT2D eigenvalue weighted by atomic mass is 16.3. The van der Waals surface area contributed by atoms with Crippen molar-refractivity contribution in [3.63, 3.8) is 0 Å². The molecule has 0 heterocycles. The van der Waals surface area contributed by atoms with Crippen molar-refractivity contribution in [3.05, 3.63) is 12.2 Å². The minimum atomic E-state index is -0.407. The first-order valence-corrected chi connectivity index (χ1v) is 7.68. The number of ketones is 1. The second-order valence-electron chi connectivity index (χ2n) is 6.20. The predicted octanol–water partition coefficient (Wildman–Crippen LogP) is 2.46. The topological polar surface area (TPSA) is 57.5 Å². The summed E-state index contributed by atoms with van der Waals surface area (Å²) in [5, 5.41) is 19.9. The third kappa shape index (κ3) is 3.67. The van der Waals surface area contributed by atoms with Gasteiger partial charge in [0, 0.05) is 18.8 Å². The van der Waals surface area contributed by atoms with E-state index in [9.17, 15) is 15.0 Å². The van der Waals surface area contributed by atoms with Gasteiger partial charge in [0.25, 0.3) is 0 Å². The molecule has 3 heteroatoms. The molecule has 19 heavy (non-hydrogen) atoms. The van der Waals surface area contributed by atoms with Crippen LogP contribution in [-0.4, -0.2) is 28.2 Å². The maximum absolute atomic E-state index is 11.5. The van der Waals surface area contributed by atoms with Crippen molar-refractivity contribution in [3.8, 4) is 0 Å². The highest BCUT2D eigenvalue weighted by Crippen LogP contribution is 2.46. The summed E-state index contributed by atoms with van der Waals surface area (Å²) in [5.74, 6) is 1.08. The summed E-state index contributed by atoms with van der Waals surface area (Å²) in [6.07, 6.45) is 9.20. The van der Waals surface area contributed by atoms with Crippen molar-refractivity contribution in [2.45, 2.75) is 64.1 Å². The van der Waals surface area contributed by atoms with Gasteiger partial charge in [0.05, 0.1) is 12.2 Å². The molecular formula is C16H26O3. The Balaban J connectivity index is 1.85. The molecule has 0 radical (unpaired) electrons. The number of unbranched alkanes of at least 4 members (excludes halogenated alkanes) is 2. The van der Waals surface area contributed by atoms with Crippen molar-refractivity contribution < 1.29 is 15.0 Å². The molecule has 2 N–H and O–H groups in total. The average Bonchev–Trinajstić information content (AvgIpc) is 2.82. The van der Waals surface area contributed by atoms with Gasteiger partial charge in [0.15, 0.2) is 0 Å². The quantitative estimate of drug-likeness (QED) is 0.573. The fourth-order valence-corrected chi connectivity index (χ4v) is 3.65. The normalized spacial score (nSPS) is 36.1. The lowest BCUT2D eigenvalue weighted by Crippen LogP contribution is -2.18. The van der Waals surface area contributed by atoms with E-state index in [4.69, 9.17) is 0 Å². The van der Waals surface area contributed by atoms with Gasteiger partial charge in [-0.05, 0) is 24.7 Å². The smallest absolute Gasteiger partial charge is 0.133 e. The minimum Gasteiger partial charge on any atom is -0.392 e. The first kappa shape index (κ1) is 14.7. The lowest BCUT2D eigenvalue weighted by atomic mass is 9.90. The fraction of sp³-hybridized carbons (Fsp3) is 0.812. The number of fused-ring (bicyclic) bond motifs is 1. The highest BCUT2D eigenvalue weighted by Gasteiger charge is 2.46. The molecule has 0 bridgehead atoms. The molecule has 0 unspecified atom stereocenters. The van der Waals surface area contributed by atoms with Crippen LogP contribution in [-0.2, 0) is 4.79 Å². The van der Waals surface area contributed by atoms with E-state index in [2.05, 4.69) is 6.92 Å². The molecule has 2 saturated carbocycles. The van der Waals surface area contributed by atoms with Crippen LogP contribution in [0.3, 0.4) is 0 Å². The Morgan fingerprint density at radius 3 is 2.89 bits per heavy atom. The Hall–Kier alpha value is -0.670. The number of aliphatic hydroxyl groups excluding tert-OH is 2. The van der Waals surface area contributed by atoms with Gasteiger partial charge in [0.2, 0.25) is 0 Å². The van der Waals surface area contributed by atoms with Gasteiger partial charge < -0.3 is 10.2 Å². The number of carbonyl (C=O) groups is 1. The summed E-state index contributed by atoms with van der Waals surface area (Å²) in [5.41, 5.74) is 0. The van der Waals surface area contributed by atoms with Crippen LogP contribution in [0.1, 0.15) is 51.9 Å². The van der Waals surface area contributed by atoms with E-state index in [-0.39, 0.29) is 12.0 Å². The summed E-state index contributed by atoms with van der Waals surface area (Å²) in [6.45, 7) is 2.15. The van der Waals surface area contributed by atoms with E-state index in [1.165, 1.54) is 0 Å². The first-order chi connectivity index (χ1) is 9.11. The van der Waals surface area contributed by atoms with Gasteiger partial charge in [0.1, 0.15) is 5.78 Å². The summed E-state index contributed by atoms with van der Waals surface area (Å²) in [4.78, 5) is 11.5. The van der Waals surface area contributed by atoms with Gasteiger partial charge >= 0.3 is 0 Å². The lowest BCUT2D eigenvalue weighted by molar-refractivity contribution is -0.118. The second-order valence-corrected chi connectivity index (χ2v) is 6.20. The molecule has 5 atom stereocenters. The molecule has 108 valence electrons. The Kier molecular flexibility index (Phi) is 5.17. The SMILES string of the molecule is CCCCC[C@H](O)/C=C/[C@H]1[C@H]2CC(=O)C[C@H]2C[C@H]1O. The van der Waals surface area contributed by atoms with E-state index in [1.54, 1.807) is 0 Å². The van der Waals surface area contributed by atoms with Gasteiger partial charge in [-0.3, -0.25) is 4.79 Å². The van der Waals surface area contributed by atoms with Crippen LogP contribution in [0.4, 0.5) is 0 Å². The molecule has 2 fully saturated rings. The molecule has 0 spiro atoms. The largest absolute Gasteiger partial charge is 0.392 e. The Bertz CT molecular complexity index is 337. The maximum atomic E-state index is 11.5. The zero-order chi connectivity index (χ0) is 13.8. The number of Topliss-reactive ketones (excluding diaryl/α,β-unsaturated/α-hetero) is 1. The maximum Gasteiger partial charge on any atom is 0.133 e. The van der Waals surface area contributed by atoms with Gasteiger partial charge in [-0.2, -0.15) is 0 Å². The molecule has 0 aromatic carbocycles. The molecule has 2 aliphatic carbocycles. The second kappa shape index (κ2) is 6.67. The van der Waals surface area contributed by atoms with Crippen molar-refractivity contribution in [2.24, 2.45) is 17.8 Å². The molecular weight excluding hydrogens is 240 g/mol. The number of rotatable bonds is 6. The zero-order valence-electron chi connectivity index (χ0n) is 11.8. The van der Waals surface area contributed by atoms with Crippen LogP contribution in [0.2, 0.25) is 0 Å². The van der Waals surface area contributed by atoms with Crippen molar-refractivity contribution in [2.75, 3.05) is 0 Å². The summed E-state index contributed by atoms with van der Waals surface area (Å²) in [7, 11) is 0. The predicted molar refractivity (Wildman–Crippen MR) is 74.6 cm³/mol. The molecule has 0 aromatic rings. The number of carbonyl (C=O) groups excluding carboxylic acids is 1. The molecule has 2 rings (SSSR count). The lowest BCUT2D eigenvalue weighted by Gasteiger charge is -2.17. The zero-order valence-corrected chi connectivity index (χ0v) is 11.8. The van der Waals surface area contributed by atoms with Crippen molar-refractivity contribution >= 4 is 5.78 Å².